The molecule has 0 aliphatic carbocycles. The van der Waals surface area contributed by atoms with Crippen LogP contribution in [0.3, 0.4) is 0 Å². The molecule has 154 valence electrons. The quantitative estimate of drug-likeness (QED) is 0.217. The van der Waals surface area contributed by atoms with E-state index in [0.717, 1.165) is 24.1 Å². The van der Waals surface area contributed by atoms with Crippen molar-refractivity contribution in [3.8, 4) is 0 Å². The zero-order valence-electron chi connectivity index (χ0n) is 17.0. The smallest absolute Gasteiger partial charge is 0.250 e. The highest BCUT2D eigenvalue weighted by atomic mass is 32.1. The first-order valence-electron chi connectivity index (χ1n) is 10.3. The van der Waals surface area contributed by atoms with Gasteiger partial charge in [-0.2, -0.15) is 5.06 Å². The molecule has 0 spiro atoms. The summed E-state index contributed by atoms with van der Waals surface area (Å²) in [5.74, 6) is -0.289. The standard InChI is InChI=1S/C24H30N2O2S/c1-2-3-4-5-6-13-20-28-26(22-16-11-8-12-17-22)24(29)25-23(27)19-18-21-14-9-7-10-15-21/h7-12,14-19H,2-6,13,20H2,1H3,(H,25,27,29). The van der Waals surface area contributed by atoms with Crippen molar-refractivity contribution in [1.29, 1.82) is 0 Å². The molecule has 0 radical (unpaired) electrons. The number of unbranched alkanes of at least 4 members (excludes halogenated alkanes) is 5. The molecule has 0 saturated carbocycles. The first-order valence-corrected chi connectivity index (χ1v) is 10.7. The number of anilines is 1. The number of carbonyl (C=O) groups is 1. The first kappa shape index (κ1) is 22.8. The molecule has 2 rings (SSSR count). The van der Waals surface area contributed by atoms with Crippen molar-refractivity contribution in [1.82, 2.24) is 5.32 Å². The van der Waals surface area contributed by atoms with Crippen LogP contribution in [0.2, 0.25) is 0 Å². The molecule has 29 heavy (non-hydrogen) atoms. The minimum Gasteiger partial charge on any atom is -0.297 e. The van der Waals surface area contributed by atoms with E-state index in [0.29, 0.717) is 6.61 Å². The minimum atomic E-state index is -0.289. The lowest BCUT2D eigenvalue weighted by Crippen LogP contribution is -2.42. The first-order chi connectivity index (χ1) is 14.2. The summed E-state index contributed by atoms with van der Waals surface area (Å²) in [7, 11) is 0. The summed E-state index contributed by atoms with van der Waals surface area (Å²) in [5.41, 5.74) is 1.74. The fourth-order valence-corrected chi connectivity index (χ4v) is 3.04. The maximum Gasteiger partial charge on any atom is 0.250 e. The lowest BCUT2D eigenvalue weighted by Gasteiger charge is -2.24. The van der Waals surface area contributed by atoms with E-state index in [2.05, 4.69) is 12.2 Å². The lowest BCUT2D eigenvalue weighted by atomic mass is 10.1. The molecule has 1 N–H and O–H groups in total. The summed E-state index contributed by atoms with van der Waals surface area (Å²) < 4.78 is 0. The van der Waals surface area contributed by atoms with E-state index in [1.165, 1.54) is 36.8 Å². The van der Waals surface area contributed by atoms with Gasteiger partial charge in [-0.3, -0.25) is 14.9 Å². The molecule has 0 aliphatic heterocycles. The molecule has 5 heteroatoms. The highest BCUT2D eigenvalue weighted by Crippen LogP contribution is 2.15. The Morgan fingerprint density at radius 1 is 0.966 bits per heavy atom. The van der Waals surface area contributed by atoms with Crippen molar-refractivity contribution >= 4 is 35.0 Å². The third kappa shape index (κ3) is 9.03. The molecule has 0 aliphatic rings. The predicted octanol–water partition coefficient (Wildman–Crippen LogP) is 5.90. The van der Waals surface area contributed by atoms with Gasteiger partial charge in [-0.05, 0) is 42.4 Å². The summed E-state index contributed by atoms with van der Waals surface area (Å²) in [6.07, 6.45) is 10.3. The number of benzene rings is 2. The number of hydrogen-bond donors (Lipinski definition) is 1. The number of para-hydroxylation sites is 1. The van der Waals surface area contributed by atoms with Crippen molar-refractivity contribution in [2.24, 2.45) is 0 Å². The number of carbonyl (C=O) groups excluding carboxylic acids is 1. The molecule has 0 aromatic heterocycles. The highest BCUT2D eigenvalue weighted by molar-refractivity contribution is 7.80. The van der Waals surface area contributed by atoms with Crippen molar-refractivity contribution in [2.45, 2.75) is 45.4 Å². The number of thiocarbonyl (C=S) groups is 1. The normalized spacial score (nSPS) is 10.8. The fourth-order valence-electron chi connectivity index (χ4n) is 2.79. The molecule has 0 heterocycles. The Labute approximate surface area is 179 Å². The Morgan fingerprint density at radius 2 is 1.59 bits per heavy atom. The van der Waals surface area contributed by atoms with E-state index in [9.17, 15) is 4.79 Å². The molecule has 1 amide bonds. The topological polar surface area (TPSA) is 41.6 Å². The molecule has 0 fully saturated rings. The third-order valence-corrected chi connectivity index (χ3v) is 4.62. The van der Waals surface area contributed by atoms with E-state index in [1.54, 1.807) is 6.08 Å². The van der Waals surface area contributed by atoms with E-state index in [1.807, 2.05) is 60.7 Å². The second-order valence-corrected chi connectivity index (χ2v) is 7.16. The van der Waals surface area contributed by atoms with Crippen LogP contribution in [0.4, 0.5) is 5.69 Å². The Bertz CT molecular complexity index is 763. The Kier molecular flexibility index (Phi) is 10.7. The summed E-state index contributed by atoms with van der Waals surface area (Å²) in [5, 5.41) is 4.47. The third-order valence-electron chi connectivity index (χ3n) is 4.35. The summed E-state index contributed by atoms with van der Waals surface area (Å²) in [6.45, 7) is 2.77. The Morgan fingerprint density at radius 3 is 2.28 bits per heavy atom. The zero-order chi connectivity index (χ0) is 20.7. The van der Waals surface area contributed by atoms with Gasteiger partial charge < -0.3 is 0 Å². The largest absolute Gasteiger partial charge is 0.297 e. The second kappa shape index (κ2) is 13.6. The monoisotopic (exact) mass is 410 g/mol. The number of amides is 1. The van der Waals surface area contributed by atoms with Gasteiger partial charge in [0.05, 0.1) is 12.3 Å². The minimum absolute atomic E-state index is 0.227. The van der Waals surface area contributed by atoms with E-state index < -0.39 is 0 Å². The van der Waals surface area contributed by atoms with Gasteiger partial charge in [0, 0.05) is 6.08 Å². The van der Waals surface area contributed by atoms with Gasteiger partial charge >= 0.3 is 0 Å². The summed E-state index contributed by atoms with van der Waals surface area (Å²) >= 11 is 5.44. The maximum absolute atomic E-state index is 12.3. The van der Waals surface area contributed by atoms with Crippen LogP contribution in [0, 0.1) is 0 Å². The molecular formula is C24H30N2O2S. The summed E-state index contributed by atoms with van der Waals surface area (Å²) in [4.78, 5) is 18.2. The number of rotatable bonds is 11. The van der Waals surface area contributed by atoms with Crippen molar-refractivity contribution in [3.05, 3.63) is 72.3 Å². The number of hydroxylamine groups is 1. The number of nitrogens with one attached hydrogen (secondary N) is 1. The lowest BCUT2D eigenvalue weighted by molar-refractivity contribution is -0.115. The van der Waals surface area contributed by atoms with Gasteiger partial charge in [-0.25, -0.2) is 0 Å². The second-order valence-electron chi connectivity index (χ2n) is 6.77. The average molecular weight is 411 g/mol. The average Bonchev–Trinajstić information content (AvgIpc) is 2.75. The molecule has 2 aromatic carbocycles. The van der Waals surface area contributed by atoms with Gasteiger partial charge in [0.25, 0.3) is 0 Å². The SMILES string of the molecule is CCCCCCCCON(C(=S)NC(=O)C=Cc1ccccc1)c1ccccc1. The van der Waals surface area contributed by atoms with E-state index in [-0.39, 0.29) is 11.0 Å². The Balaban J connectivity index is 1.89. The van der Waals surface area contributed by atoms with Crippen LogP contribution < -0.4 is 10.4 Å². The van der Waals surface area contributed by atoms with Crippen molar-refractivity contribution in [2.75, 3.05) is 11.7 Å². The molecular weight excluding hydrogens is 380 g/mol. The zero-order valence-corrected chi connectivity index (χ0v) is 17.9. The molecule has 4 nitrogen and oxygen atoms in total. The van der Waals surface area contributed by atoms with Gasteiger partial charge in [-0.1, -0.05) is 87.6 Å². The van der Waals surface area contributed by atoms with Gasteiger partial charge in [0.1, 0.15) is 0 Å². The van der Waals surface area contributed by atoms with Crippen LogP contribution in [-0.4, -0.2) is 17.6 Å². The molecule has 2 aromatic rings. The van der Waals surface area contributed by atoms with Crippen LogP contribution >= 0.6 is 12.2 Å². The van der Waals surface area contributed by atoms with Crippen LogP contribution in [0.1, 0.15) is 51.0 Å². The van der Waals surface area contributed by atoms with E-state index in [4.69, 9.17) is 17.1 Å². The molecule has 0 unspecified atom stereocenters. The van der Waals surface area contributed by atoms with Gasteiger partial charge in [0.15, 0.2) is 0 Å². The van der Waals surface area contributed by atoms with Crippen LogP contribution in [0.15, 0.2) is 66.7 Å². The van der Waals surface area contributed by atoms with Crippen LogP contribution in [0.5, 0.6) is 0 Å². The van der Waals surface area contributed by atoms with Crippen LogP contribution in [-0.2, 0) is 9.63 Å². The summed E-state index contributed by atoms with van der Waals surface area (Å²) in [6, 6.07) is 19.2. The van der Waals surface area contributed by atoms with Gasteiger partial charge in [0.2, 0.25) is 11.0 Å². The predicted molar refractivity (Wildman–Crippen MR) is 124 cm³/mol. The van der Waals surface area contributed by atoms with Crippen LogP contribution in [0.25, 0.3) is 6.08 Å². The van der Waals surface area contributed by atoms with E-state index >= 15 is 0 Å². The van der Waals surface area contributed by atoms with Gasteiger partial charge in [-0.15, -0.1) is 0 Å². The molecule has 0 atom stereocenters. The fraction of sp³-hybridized carbons (Fsp3) is 0.333. The van der Waals surface area contributed by atoms with Crippen molar-refractivity contribution < 1.29 is 9.63 Å². The Hall–Kier alpha value is -2.50. The number of hydrogen-bond acceptors (Lipinski definition) is 3. The van der Waals surface area contributed by atoms with Crippen molar-refractivity contribution in [3.63, 3.8) is 0 Å². The highest BCUT2D eigenvalue weighted by Gasteiger charge is 2.14. The number of nitrogens with zero attached hydrogens (tertiary/aromatic N) is 1. The maximum atomic E-state index is 12.3. The molecule has 0 saturated heterocycles. The molecule has 0 bridgehead atoms.